The van der Waals surface area contributed by atoms with Crippen molar-refractivity contribution in [2.24, 2.45) is 0 Å². The van der Waals surface area contributed by atoms with E-state index in [0.29, 0.717) is 28.4 Å². The smallest absolute Gasteiger partial charge is 0.194 e. The molecule has 8 heteroatoms. The zero-order valence-corrected chi connectivity index (χ0v) is 14.2. The third-order valence-electron chi connectivity index (χ3n) is 4.22. The minimum Gasteiger partial charge on any atom is -0.263 e. The highest BCUT2D eigenvalue weighted by Crippen LogP contribution is 2.22. The monoisotopic (exact) mass is 361 g/mol. The van der Waals surface area contributed by atoms with Crippen molar-refractivity contribution in [3.8, 4) is 11.4 Å². The fourth-order valence-corrected chi connectivity index (χ4v) is 3.13. The van der Waals surface area contributed by atoms with Crippen LogP contribution >= 0.6 is 11.6 Å². The van der Waals surface area contributed by atoms with Gasteiger partial charge in [0.1, 0.15) is 6.33 Å². The minimum absolute atomic E-state index is 0.485. The fourth-order valence-electron chi connectivity index (χ4n) is 2.93. The number of nitrogens with zero attached hydrogens (tertiary/aromatic N) is 7. The lowest BCUT2D eigenvalue weighted by Gasteiger charge is -2.04. The van der Waals surface area contributed by atoms with Crippen LogP contribution in [0, 0.1) is 0 Å². The molecule has 5 aromatic rings. The largest absolute Gasteiger partial charge is 0.263 e. The summed E-state index contributed by atoms with van der Waals surface area (Å²) in [5, 5.41) is 17.8. The van der Waals surface area contributed by atoms with Crippen molar-refractivity contribution in [3.05, 3.63) is 71.5 Å². The first-order chi connectivity index (χ1) is 12.8. The molecular weight excluding hydrogens is 350 g/mol. The molecule has 0 N–H and O–H groups in total. The van der Waals surface area contributed by atoms with Crippen LogP contribution in [0.1, 0.15) is 5.56 Å². The van der Waals surface area contributed by atoms with Gasteiger partial charge in [-0.25, -0.2) is 9.67 Å². The molecule has 0 saturated heterocycles. The van der Waals surface area contributed by atoms with Crippen molar-refractivity contribution in [3.63, 3.8) is 0 Å². The topological polar surface area (TPSA) is 73.8 Å². The van der Waals surface area contributed by atoms with E-state index in [2.05, 4.69) is 25.5 Å². The summed E-state index contributed by atoms with van der Waals surface area (Å²) < 4.78 is 3.54. The third kappa shape index (κ3) is 2.33. The molecule has 0 aliphatic rings. The van der Waals surface area contributed by atoms with Gasteiger partial charge in [-0.3, -0.25) is 4.40 Å². The van der Waals surface area contributed by atoms with Crippen molar-refractivity contribution in [1.29, 1.82) is 0 Å². The Morgan fingerprint density at radius 3 is 2.50 bits per heavy atom. The Morgan fingerprint density at radius 2 is 1.65 bits per heavy atom. The van der Waals surface area contributed by atoms with Crippen LogP contribution in [-0.4, -0.2) is 34.6 Å². The number of aromatic nitrogens is 7. The van der Waals surface area contributed by atoms with Crippen LogP contribution in [0.4, 0.5) is 0 Å². The maximum absolute atomic E-state index is 6.25. The third-order valence-corrected chi connectivity index (χ3v) is 4.59. The molecular formula is C18H12ClN7. The number of rotatable bonds is 3. The Kier molecular flexibility index (Phi) is 3.39. The Labute approximate surface area is 152 Å². The van der Waals surface area contributed by atoms with Gasteiger partial charge in [-0.05, 0) is 11.6 Å². The molecule has 0 aliphatic heterocycles. The molecule has 5 rings (SSSR count). The number of halogens is 1. The maximum Gasteiger partial charge on any atom is 0.194 e. The lowest BCUT2D eigenvalue weighted by atomic mass is 10.2. The summed E-state index contributed by atoms with van der Waals surface area (Å²) in [6.45, 7) is 0.485. The molecule has 0 bridgehead atoms. The molecule has 3 heterocycles. The summed E-state index contributed by atoms with van der Waals surface area (Å²) in [4.78, 5) is 4.53. The van der Waals surface area contributed by atoms with Crippen molar-refractivity contribution < 1.29 is 0 Å². The summed E-state index contributed by atoms with van der Waals surface area (Å²) in [7, 11) is 0. The first kappa shape index (κ1) is 15.0. The molecule has 2 aromatic carbocycles. The first-order valence-corrected chi connectivity index (χ1v) is 8.41. The van der Waals surface area contributed by atoms with Crippen LogP contribution < -0.4 is 0 Å². The highest BCUT2D eigenvalue weighted by Gasteiger charge is 2.16. The minimum atomic E-state index is 0.485. The Morgan fingerprint density at radius 1 is 0.846 bits per heavy atom. The molecule has 0 spiro atoms. The molecule has 7 nitrogen and oxygen atoms in total. The number of hydrogen-bond acceptors (Lipinski definition) is 5. The zero-order chi connectivity index (χ0) is 17.5. The van der Waals surface area contributed by atoms with E-state index in [9.17, 15) is 0 Å². The second-order valence-electron chi connectivity index (χ2n) is 5.84. The Bertz CT molecular complexity index is 1230. The zero-order valence-electron chi connectivity index (χ0n) is 13.5. The van der Waals surface area contributed by atoms with Crippen LogP contribution in [0.3, 0.4) is 0 Å². The second-order valence-corrected chi connectivity index (χ2v) is 6.25. The van der Waals surface area contributed by atoms with Gasteiger partial charge in [0.05, 0.1) is 6.54 Å². The average Bonchev–Trinajstić information content (AvgIpc) is 3.28. The van der Waals surface area contributed by atoms with Gasteiger partial charge in [-0.1, -0.05) is 65.3 Å². The van der Waals surface area contributed by atoms with Gasteiger partial charge in [0.2, 0.25) is 0 Å². The van der Waals surface area contributed by atoms with Gasteiger partial charge < -0.3 is 0 Å². The fraction of sp³-hybridized carbons (Fsp3) is 0.0556. The van der Waals surface area contributed by atoms with Crippen molar-refractivity contribution >= 4 is 28.4 Å². The number of fused-ring (bicyclic) bond motifs is 3. The van der Waals surface area contributed by atoms with Crippen LogP contribution in [0.15, 0.2) is 60.9 Å². The van der Waals surface area contributed by atoms with E-state index in [0.717, 1.165) is 17.0 Å². The number of hydrogen-bond donors (Lipinski definition) is 0. The van der Waals surface area contributed by atoms with Gasteiger partial charge in [-0.2, -0.15) is 0 Å². The van der Waals surface area contributed by atoms with Crippen molar-refractivity contribution in [1.82, 2.24) is 34.6 Å². The predicted molar refractivity (Wildman–Crippen MR) is 97.9 cm³/mol. The Hall–Kier alpha value is -3.32. The average molecular weight is 362 g/mol. The lowest BCUT2D eigenvalue weighted by molar-refractivity contribution is 0.664. The summed E-state index contributed by atoms with van der Waals surface area (Å²) in [5.41, 5.74) is 3.79. The predicted octanol–water partition coefficient (Wildman–Crippen LogP) is 3.24. The molecule has 0 amide bonds. The van der Waals surface area contributed by atoms with Crippen LogP contribution in [0.25, 0.3) is 28.2 Å². The summed E-state index contributed by atoms with van der Waals surface area (Å²) in [6.07, 6.45) is 1.70. The van der Waals surface area contributed by atoms with E-state index in [1.165, 1.54) is 0 Å². The normalized spacial score (nSPS) is 11.4. The van der Waals surface area contributed by atoms with Crippen LogP contribution in [0.2, 0.25) is 5.02 Å². The van der Waals surface area contributed by atoms with E-state index in [1.807, 2.05) is 59.0 Å². The maximum atomic E-state index is 6.25. The van der Waals surface area contributed by atoms with Crippen molar-refractivity contribution in [2.75, 3.05) is 0 Å². The van der Waals surface area contributed by atoms with Gasteiger partial charge in [0, 0.05) is 10.6 Å². The molecule has 3 aromatic heterocycles. The van der Waals surface area contributed by atoms with Gasteiger partial charge >= 0.3 is 0 Å². The van der Waals surface area contributed by atoms with Gasteiger partial charge in [0.25, 0.3) is 0 Å². The van der Waals surface area contributed by atoms with E-state index in [-0.39, 0.29) is 0 Å². The SMILES string of the molecule is Clc1ccccc1Cn1nnc2c1ncn1c(-c3ccccc3)nnc21. The second kappa shape index (κ2) is 5.89. The van der Waals surface area contributed by atoms with E-state index < -0.39 is 0 Å². The molecule has 0 aliphatic carbocycles. The molecule has 0 unspecified atom stereocenters. The summed E-state index contributed by atoms with van der Waals surface area (Å²) in [5.74, 6) is 0.718. The summed E-state index contributed by atoms with van der Waals surface area (Å²) in [6, 6.07) is 17.5. The van der Waals surface area contributed by atoms with Crippen LogP contribution in [0.5, 0.6) is 0 Å². The first-order valence-electron chi connectivity index (χ1n) is 8.03. The molecule has 0 saturated carbocycles. The lowest BCUT2D eigenvalue weighted by Crippen LogP contribution is -2.04. The standard InChI is InChI=1S/C18H12ClN7/c19-14-9-5-4-8-13(14)10-26-17-15(21-24-26)18-23-22-16(25(18)11-20-17)12-6-2-1-3-7-12/h1-9,11H,10H2. The summed E-state index contributed by atoms with van der Waals surface area (Å²) >= 11 is 6.25. The molecule has 0 atom stereocenters. The van der Waals surface area contributed by atoms with E-state index >= 15 is 0 Å². The Balaban J connectivity index is 1.63. The highest BCUT2D eigenvalue weighted by molar-refractivity contribution is 6.31. The quantitative estimate of drug-likeness (QED) is 0.493. The number of benzene rings is 2. The van der Waals surface area contributed by atoms with Gasteiger partial charge in [0.15, 0.2) is 22.6 Å². The molecule has 126 valence electrons. The molecule has 0 radical (unpaired) electrons. The van der Waals surface area contributed by atoms with Gasteiger partial charge in [-0.15, -0.1) is 15.3 Å². The molecule has 0 fully saturated rings. The molecule has 26 heavy (non-hydrogen) atoms. The van der Waals surface area contributed by atoms with E-state index in [4.69, 9.17) is 11.6 Å². The van der Waals surface area contributed by atoms with Crippen LogP contribution in [-0.2, 0) is 6.54 Å². The van der Waals surface area contributed by atoms with Crippen molar-refractivity contribution in [2.45, 2.75) is 6.54 Å². The van der Waals surface area contributed by atoms with E-state index in [1.54, 1.807) is 11.0 Å². The highest BCUT2D eigenvalue weighted by atomic mass is 35.5.